The van der Waals surface area contributed by atoms with Gasteiger partial charge in [-0.05, 0) is 44.4 Å². The molecule has 1 amide bonds. The maximum absolute atomic E-state index is 11.7. The summed E-state index contributed by atoms with van der Waals surface area (Å²) in [7, 11) is 0. The molecule has 94 valence electrons. The molecule has 1 atom stereocenters. The van der Waals surface area contributed by atoms with Crippen molar-refractivity contribution in [3.8, 4) is 0 Å². The Morgan fingerprint density at radius 2 is 2.06 bits per heavy atom. The second kappa shape index (κ2) is 7.17. The van der Waals surface area contributed by atoms with Crippen molar-refractivity contribution in [1.82, 2.24) is 5.32 Å². The van der Waals surface area contributed by atoms with Crippen LogP contribution in [0.5, 0.6) is 0 Å². The molecule has 1 aliphatic rings. The molecule has 1 saturated carbocycles. The second-order valence-electron chi connectivity index (χ2n) is 4.82. The van der Waals surface area contributed by atoms with Gasteiger partial charge < -0.3 is 11.1 Å². The molecule has 16 heavy (non-hydrogen) atoms. The smallest absolute Gasteiger partial charge is 0.220 e. The summed E-state index contributed by atoms with van der Waals surface area (Å²) in [6.45, 7) is 2.61. The van der Waals surface area contributed by atoms with Gasteiger partial charge in [0.1, 0.15) is 0 Å². The summed E-state index contributed by atoms with van der Waals surface area (Å²) >= 11 is 1.95. The Bertz CT molecular complexity index is 215. The third-order valence-corrected chi connectivity index (χ3v) is 4.45. The summed E-state index contributed by atoms with van der Waals surface area (Å²) in [5.41, 5.74) is 5.51. The number of nitrogens with one attached hydrogen (secondary N) is 1. The first-order valence-corrected chi connectivity index (χ1v) is 7.46. The van der Waals surface area contributed by atoms with Crippen LogP contribution < -0.4 is 11.1 Å². The molecule has 0 aliphatic heterocycles. The standard InChI is InChI=1S/C12H24N2OS/c1-9(8-13)7-12(15)14-10-3-5-11(16-2)6-4-10/h9-11H,3-8,13H2,1-2H3,(H,14,15). The molecule has 3 nitrogen and oxygen atoms in total. The van der Waals surface area contributed by atoms with E-state index in [0.717, 1.165) is 18.1 Å². The number of amides is 1. The zero-order chi connectivity index (χ0) is 12.0. The molecule has 0 spiro atoms. The average Bonchev–Trinajstić information content (AvgIpc) is 2.29. The number of carbonyl (C=O) groups is 1. The molecule has 0 saturated heterocycles. The van der Waals surface area contributed by atoms with E-state index < -0.39 is 0 Å². The van der Waals surface area contributed by atoms with Crippen LogP contribution in [0, 0.1) is 5.92 Å². The number of thioether (sulfide) groups is 1. The molecular formula is C12H24N2OS. The fourth-order valence-electron chi connectivity index (χ4n) is 2.13. The lowest BCUT2D eigenvalue weighted by molar-refractivity contribution is -0.122. The van der Waals surface area contributed by atoms with Crippen LogP contribution >= 0.6 is 11.8 Å². The first-order chi connectivity index (χ1) is 7.65. The van der Waals surface area contributed by atoms with Gasteiger partial charge in [-0.25, -0.2) is 0 Å². The highest BCUT2D eigenvalue weighted by atomic mass is 32.2. The summed E-state index contributed by atoms with van der Waals surface area (Å²) in [5, 5.41) is 3.93. The molecule has 0 aromatic carbocycles. The Hall–Kier alpha value is -0.220. The van der Waals surface area contributed by atoms with E-state index in [1.54, 1.807) is 0 Å². The molecular weight excluding hydrogens is 220 g/mol. The Morgan fingerprint density at radius 3 is 2.56 bits per heavy atom. The van der Waals surface area contributed by atoms with Crippen LogP contribution in [0.3, 0.4) is 0 Å². The largest absolute Gasteiger partial charge is 0.353 e. The molecule has 0 heterocycles. The molecule has 0 bridgehead atoms. The van der Waals surface area contributed by atoms with Gasteiger partial charge in [0.25, 0.3) is 0 Å². The van der Waals surface area contributed by atoms with Crippen LogP contribution in [0.15, 0.2) is 0 Å². The van der Waals surface area contributed by atoms with Crippen LogP contribution in [0.1, 0.15) is 39.0 Å². The van der Waals surface area contributed by atoms with Gasteiger partial charge in [-0.2, -0.15) is 11.8 Å². The topological polar surface area (TPSA) is 55.1 Å². The predicted molar refractivity (Wildman–Crippen MR) is 70.5 cm³/mol. The van der Waals surface area contributed by atoms with Crippen molar-refractivity contribution < 1.29 is 4.79 Å². The van der Waals surface area contributed by atoms with Gasteiger partial charge in [-0.15, -0.1) is 0 Å². The van der Waals surface area contributed by atoms with E-state index in [4.69, 9.17) is 5.73 Å². The number of hydrogen-bond donors (Lipinski definition) is 2. The third kappa shape index (κ3) is 4.74. The number of carbonyl (C=O) groups excluding carboxylic acids is 1. The first kappa shape index (κ1) is 13.8. The minimum atomic E-state index is 0.172. The van der Waals surface area contributed by atoms with Gasteiger partial charge in [0, 0.05) is 17.7 Å². The quantitative estimate of drug-likeness (QED) is 0.775. The van der Waals surface area contributed by atoms with E-state index in [1.807, 2.05) is 18.7 Å². The maximum Gasteiger partial charge on any atom is 0.220 e. The average molecular weight is 244 g/mol. The minimum absolute atomic E-state index is 0.172. The third-order valence-electron chi connectivity index (χ3n) is 3.31. The molecule has 4 heteroatoms. The molecule has 0 aromatic rings. The normalized spacial score (nSPS) is 27.4. The van der Waals surface area contributed by atoms with Crippen LogP contribution in [0.2, 0.25) is 0 Å². The lowest BCUT2D eigenvalue weighted by Gasteiger charge is -2.28. The maximum atomic E-state index is 11.7. The molecule has 1 rings (SSSR count). The van der Waals surface area contributed by atoms with E-state index in [2.05, 4.69) is 11.6 Å². The van der Waals surface area contributed by atoms with E-state index in [0.29, 0.717) is 24.9 Å². The van der Waals surface area contributed by atoms with E-state index in [1.165, 1.54) is 12.8 Å². The van der Waals surface area contributed by atoms with Crippen molar-refractivity contribution >= 4 is 17.7 Å². The predicted octanol–water partition coefficient (Wildman–Crippen LogP) is 1.76. The molecule has 3 N–H and O–H groups in total. The van der Waals surface area contributed by atoms with Crippen molar-refractivity contribution in [3.63, 3.8) is 0 Å². The minimum Gasteiger partial charge on any atom is -0.353 e. The number of rotatable bonds is 5. The van der Waals surface area contributed by atoms with Crippen molar-refractivity contribution in [3.05, 3.63) is 0 Å². The Kier molecular flexibility index (Phi) is 6.21. The fraction of sp³-hybridized carbons (Fsp3) is 0.917. The van der Waals surface area contributed by atoms with Crippen molar-refractivity contribution in [1.29, 1.82) is 0 Å². The van der Waals surface area contributed by atoms with Gasteiger partial charge in [-0.3, -0.25) is 4.79 Å². The van der Waals surface area contributed by atoms with Crippen LogP contribution in [-0.2, 0) is 4.79 Å². The zero-order valence-corrected chi connectivity index (χ0v) is 11.2. The van der Waals surface area contributed by atoms with Crippen molar-refractivity contribution in [2.45, 2.75) is 50.3 Å². The molecule has 1 fully saturated rings. The number of hydrogen-bond acceptors (Lipinski definition) is 3. The fourth-order valence-corrected chi connectivity index (χ4v) is 2.87. The van der Waals surface area contributed by atoms with E-state index in [9.17, 15) is 4.79 Å². The van der Waals surface area contributed by atoms with Crippen LogP contribution in [0.4, 0.5) is 0 Å². The van der Waals surface area contributed by atoms with Gasteiger partial charge in [0.15, 0.2) is 0 Å². The monoisotopic (exact) mass is 244 g/mol. The highest BCUT2D eigenvalue weighted by Gasteiger charge is 2.21. The summed E-state index contributed by atoms with van der Waals surface area (Å²) in [4.78, 5) is 11.7. The summed E-state index contributed by atoms with van der Waals surface area (Å²) < 4.78 is 0. The highest BCUT2D eigenvalue weighted by molar-refractivity contribution is 7.99. The van der Waals surface area contributed by atoms with E-state index >= 15 is 0 Å². The first-order valence-electron chi connectivity index (χ1n) is 6.18. The second-order valence-corrected chi connectivity index (χ2v) is 5.96. The zero-order valence-electron chi connectivity index (χ0n) is 10.4. The van der Waals surface area contributed by atoms with Crippen molar-refractivity contribution in [2.75, 3.05) is 12.8 Å². The van der Waals surface area contributed by atoms with Gasteiger partial charge in [0.2, 0.25) is 5.91 Å². The van der Waals surface area contributed by atoms with Gasteiger partial charge in [0.05, 0.1) is 0 Å². The van der Waals surface area contributed by atoms with Gasteiger partial charge >= 0.3 is 0 Å². The van der Waals surface area contributed by atoms with Gasteiger partial charge in [-0.1, -0.05) is 6.92 Å². The molecule has 0 radical (unpaired) electrons. The summed E-state index contributed by atoms with van der Waals surface area (Å²) in [5.74, 6) is 0.466. The Labute approximate surface area is 103 Å². The summed E-state index contributed by atoms with van der Waals surface area (Å²) in [6.07, 6.45) is 7.48. The Morgan fingerprint density at radius 1 is 1.44 bits per heavy atom. The summed E-state index contributed by atoms with van der Waals surface area (Å²) in [6, 6.07) is 0.404. The van der Waals surface area contributed by atoms with Crippen molar-refractivity contribution in [2.24, 2.45) is 11.7 Å². The highest BCUT2D eigenvalue weighted by Crippen LogP contribution is 2.26. The lowest BCUT2D eigenvalue weighted by Crippen LogP contribution is -2.39. The molecule has 0 aromatic heterocycles. The molecule has 1 aliphatic carbocycles. The Balaban J connectivity index is 2.20. The number of nitrogens with two attached hydrogens (primary N) is 1. The van der Waals surface area contributed by atoms with Crippen LogP contribution in [-0.4, -0.2) is 30.0 Å². The SMILES string of the molecule is CSC1CCC(NC(=O)CC(C)CN)CC1. The van der Waals surface area contributed by atoms with E-state index in [-0.39, 0.29) is 5.91 Å². The van der Waals surface area contributed by atoms with Crippen LogP contribution in [0.25, 0.3) is 0 Å². The molecule has 1 unspecified atom stereocenters. The lowest BCUT2D eigenvalue weighted by atomic mass is 9.94.